The predicted octanol–water partition coefficient (Wildman–Crippen LogP) is 0.366. The monoisotopic (exact) mass is 330 g/mol. The van der Waals surface area contributed by atoms with Crippen LogP contribution in [0.5, 0.6) is 0 Å². The molecule has 1 aromatic carbocycles. The van der Waals surface area contributed by atoms with Crippen molar-refractivity contribution in [2.45, 2.75) is 6.18 Å². The van der Waals surface area contributed by atoms with E-state index in [4.69, 9.17) is 23.8 Å². The normalized spacial score (nSPS) is 11.4. The van der Waals surface area contributed by atoms with E-state index in [1.54, 1.807) is 0 Å². The maximum absolute atomic E-state index is 12.7. The third-order valence-electron chi connectivity index (χ3n) is 2.84. The van der Waals surface area contributed by atoms with Crippen molar-refractivity contribution in [3.05, 3.63) is 62.4 Å². The Labute approximate surface area is 126 Å². The molecule has 2 aromatic rings. The van der Waals surface area contributed by atoms with E-state index < -0.39 is 23.1 Å². The van der Waals surface area contributed by atoms with Gasteiger partial charge in [0.25, 0.3) is 5.56 Å². The topological polar surface area (TPSA) is 96.0 Å². The Morgan fingerprint density at radius 3 is 2.14 bits per heavy atom. The van der Waals surface area contributed by atoms with Gasteiger partial charge in [-0.25, -0.2) is 14.0 Å². The molecule has 0 aliphatic rings. The van der Waals surface area contributed by atoms with E-state index in [1.165, 1.54) is 24.3 Å². The van der Waals surface area contributed by atoms with Crippen molar-refractivity contribution in [1.29, 1.82) is 0 Å². The Morgan fingerprint density at radius 2 is 1.68 bits per heavy atom. The molecule has 0 atom stereocenters. The molecule has 1 heterocycles. The molecule has 2 rings (SSSR count). The van der Waals surface area contributed by atoms with Crippen molar-refractivity contribution >= 4 is 17.2 Å². The Kier molecular flexibility index (Phi) is 3.79. The highest BCUT2D eigenvalue weighted by Gasteiger charge is 2.35. The van der Waals surface area contributed by atoms with Gasteiger partial charge in [0.15, 0.2) is 5.69 Å². The molecule has 1 aromatic heterocycles. The SMILES string of the molecule is NC(=S)c1ccc(-n2c(=O)cc(C(F)(F)F)n(N)c2=O)cc1. The second-order valence-electron chi connectivity index (χ2n) is 4.26. The largest absolute Gasteiger partial charge is 0.433 e. The minimum absolute atomic E-state index is 0.0444. The van der Waals surface area contributed by atoms with Gasteiger partial charge in [-0.15, -0.1) is 0 Å². The standard InChI is InChI=1S/C12H9F3N4O2S/c13-12(14,15)8-5-9(20)18(11(21)19(8)17)7-3-1-6(2-4-7)10(16)22/h1-5H,17H2,(H2,16,22). The van der Waals surface area contributed by atoms with Gasteiger partial charge >= 0.3 is 11.9 Å². The van der Waals surface area contributed by atoms with E-state index in [0.29, 0.717) is 10.1 Å². The van der Waals surface area contributed by atoms with E-state index >= 15 is 0 Å². The number of hydrogen-bond acceptors (Lipinski definition) is 4. The Hall–Kier alpha value is -2.62. The van der Waals surface area contributed by atoms with Crippen molar-refractivity contribution < 1.29 is 13.2 Å². The van der Waals surface area contributed by atoms with E-state index in [1.807, 2.05) is 0 Å². The number of hydrogen-bond donors (Lipinski definition) is 2. The van der Waals surface area contributed by atoms with Crippen molar-refractivity contribution in [3.63, 3.8) is 0 Å². The van der Waals surface area contributed by atoms with Crippen LogP contribution in [0.25, 0.3) is 5.69 Å². The van der Waals surface area contributed by atoms with Gasteiger partial charge in [0.2, 0.25) is 0 Å². The van der Waals surface area contributed by atoms with E-state index in [2.05, 4.69) is 0 Å². The van der Waals surface area contributed by atoms with E-state index in [9.17, 15) is 22.8 Å². The number of rotatable bonds is 2. The maximum Gasteiger partial charge on any atom is 0.433 e. The number of benzene rings is 1. The van der Waals surface area contributed by atoms with Crippen LogP contribution in [-0.2, 0) is 6.18 Å². The van der Waals surface area contributed by atoms with Crippen LogP contribution in [0.1, 0.15) is 11.3 Å². The summed E-state index contributed by atoms with van der Waals surface area (Å²) in [5.41, 5.74) is 1.93. The lowest BCUT2D eigenvalue weighted by Gasteiger charge is -2.13. The molecule has 0 fully saturated rings. The predicted molar refractivity (Wildman–Crippen MR) is 77.3 cm³/mol. The first-order chi connectivity index (χ1) is 10.1. The molecule has 0 amide bonds. The van der Waals surface area contributed by atoms with Gasteiger partial charge in [-0.05, 0) is 24.3 Å². The zero-order chi connectivity index (χ0) is 16.7. The molecule has 0 unspecified atom stereocenters. The number of alkyl halides is 3. The quantitative estimate of drug-likeness (QED) is 0.612. The Morgan fingerprint density at radius 1 is 1.14 bits per heavy atom. The van der Waals surface area contributed by atoms with E-state index in [-0.39, 0.29) is 21.4 Å². The summed E-state index contributed by atoms with van der Waals surface area (Å²) in [5, 5.41) is 0. The van der Waals surface area contributed by atoms with E-state index in [0.717, 1.165) is 0 Å². The first-order valence-corrected chi connectivity index (χ1v) is 6.15. The summed E-state index contributed by atoms with van der Waals surface area (Å²) in [5.74, 6) is 5.14. The van der Waals surface area contributed by atoms with Crippen LogP contribution in [0, 0.1) is 0 Å². The molecule has 0 aliphatic heterocycles. The highest BCUT2D eigenvalue weighted by Crippen LogP contribution is 2.26. The zero-order valence-corrected chi connectivity index (χ0v) is 11.6. The summed E-state index contributed by atoms with van der Waals surface area (Å²) in [6, 6.07) is 5.77. The number of nitrogen functional groups attached to an aromatic ring is 1. The summed E-state index contributed by atoms with van der Waals surface area (Å²) in [7, 11) is 0. The van der Waals surface area contributed by atoms with Crippen molar-refractivity contribution in [2.75, 3.05) is 5.84 Å². The minimum Gasteiger partial charge on any atom is -0.389 e. The third kappa shape index (κ3) is 2.72. The number of nitrogens with two attached hydrogens (primary N) is 2. The molecule has 0 radical (unpaired) electrons. The smallest absolute Gasteiger partial charge is 0.389 e. The number of nitrogens with zero attached hydrogens (tertiary/aromatic N) is 2. The van der Waals surface area contributed by atoms with Gasteiger partial charge in [-0.2, -0.15) is 13.2 Å². The Balaban J connectivity index is 2.68. The fourth-order valence-electron chi connectivity index (χ4n) is 1.79. The molecule has 0 aliphatic carbocycles. The fraction of sp³-hybridized carbons (Fsp3) is 0.0833. The van der Waals surface area contributed by atoms with Crippen LogP contribution >= 0.6 is 12.2 Å². The average molecular weight is 330 g/mol. The number of thiocarbonyl (C=S) groups is 1. The summed E-state index contributed by atoms with van der Waals surface area (Å²) >= 11 is 4.75. The van der Waals surface area contributed by atoms with Gasteiger partial charge in [0.1, 0.15) is 4.99 Å². The molecule has 0 saturated carbocycles. The third-order valence-corrected chi connectivity index (χ3v) is 3.07. The summed E-state index contributed by atoms with van der Waals surface area (Å²) in [6.07, 6.45) is -4.91. The van der Waals surface area contributed by atoms with Crippen LogP contribution in [0.3, 0.4) is 0 Å². The van der Waals surface area contributed by atoms with Gasteiger partial charge in [0.05, 0.1) is 5.69 Å². The van der Waals surface area contributed by atoms with Crippen LogP contribution in [-0.4, -0.2) is 14.2 Å². The summed E-state index contributed by atoms with van der Waals surface area (Å²) < 4.78 is 38.4. The lowest BCUT2D eigenvalue weighted by molar-refractivity contribution is -0.143. The van der Waals surface area contributed by atoms with Crippen LogP contribution < -0.4 is 22.8 Å². The minimum atomic E-state index is -4.91. The summed E-state index contributed by atoms with van der Waals surface area (Å²) in [6.45, 7) is 0. The molecule has 0 spiro atoms. The van der Waals surface area contributed by atoms with Crippen LogP contribution in [0.15, 0.2) is 39.9 Å². The van der Waals surface area contributed by atoms with Gasteiger partial charge in [-0.1, -0.05) is 12.2 Å². The molecular weight excluding hydrogens is 321 g/mol. The van der Waals surface area contributed by atoms with Crippen LogP contribution in [0.2, 0.25) is 0 Å². The lowest BCUT2D eigenvalue weighted by Crippen LogP contribution is -2.45. The van der Waals surface area contributed by atoms with Gasteiger partial charge in [-0.3, -0.25) is 4.79 Å². The number of aromatic nitrogens is 2. The van der Waals surface area contributed by atoms with Gasteiger partial charge in [0, 0.05) is 11.6 Å². The first kappa shape index (κ1) is 15.8. The van der Waals surface area contributed by atoms with Crippen molar-refractivity contribution in [2.24, 2.45) is 5.73 Å². The molecule has 0 saturated heterocycles. The fourth-order valence-corrected chi connectivity index (χ4v) is 1.92. The molecule has 6 nitrogen and oxygen atoms in total. The number of halogens is 3. The molecule has 116 valence electrons. The van der Waals surface area contributed by atoms with Gasteiger partial charge < -0.3 is 11.6 Å². The summed E-state index contributed by atoms with van der Waals surface area (Å²) in [4.78, 5) is 23.8. The molecule has 0 bridgehead atoms. The highest BCUT2D eigenvalue weighted by molar-refractivity contribution is 7.80. The first-order valence-electron chi connectivity index (χ1n) is 5.74. The van der Waals surface area contributed by atoms with Crippen molar-refractivity contribution in [3.8, 4) is 5.69 Å². The Bertz CT molecular complexity index is 853. The molecular formula is C12H9F3N4O2S. The average Bonchev–Trinajstić information content (AvgIpc) is 2.42. The second kappa shape index (κ2) is 5.30. The maximum atomic E-state index is 12.7. The molecule has 4 N–H and O–H groups in total. The molecule has 22 heavy (non-hydrogen) atoms. The lowest BCUT2D eigenvalue weighted by atomic mass is 10.2. The van der Waals surface area contributed by atoms with Crippen molar-refractivity contribution in [1.82, 2.24) is 9.24 Å². The highest BCUT2D eigenvalue weighted by atomic mass is 32.1. The second-order valence-corrected chi connectivity index (χ2v) is 4.70. The molecule has 10 heteroatoms. The zero-order valence-electron chi connectivity index (χ0n) is 10.8. The van der Waals surface area contributed by atoms with Crippen LogP contribution in [0.4, 0.5) is 13.2 Å².